The van der Waals surface area contributed by atoms with Crippen molar-refractivity contribution >= 4 is 33.4 Å². The van der Waals surface area contributed by atoms with Crippen molar-refractivity contribution in [1.82, 2.24) is 9.55 Å². The molecule has 0 amide bonds. The van der Waals surface area contributed by atoms with Crippen LogP contribution in [0.3, 0.4) is 0 Å². The largest absolute Gasteiger partial charge is 0.307 e. The number of nitrogens with zero attached hydrogens (tertiary/aromatic N) is 2. The third-order valence-electron chi connectivity index (χ3n) is 3.99. The summed E-state index contributed by atoms with van der Waals surface area (Å²) in [5.74, 6) is 1.38. The van der Waals surface area contributed by atoms with E-state index in [4.69, 9.17) is 0 Å². The van der Waals surface area contributed by atoms with Gasteiger partial charge < -0.3 is 4.57 Å². The maximum Gasteiger partial charge on any atom is 0.211 e. The minimum Gasteiger partial charge on any atom is -0.307 e. The van der Waals surface area contributed by atoms with E-state index in [-0.39, 0.29) is 5.43 Å². The quantitative estimate of drug-likeness (QED) is 0.612. The molecule has 0 radical (unpaired) electrons. The van der Waals surface area contributed by atoms with Crippen molar-refractivity contribution in [2.45, 2.75) is 37.9 Å². The summed E-state index contributed by atoms with van der Waals surface area (Å²) in [6, 6.07) is 0. The van der Waals surface area contributed by atoms with Crippen LogP contribution in [0.4, 0.5) is 0 Å². The predicted octanol–water partition coefficient (Wildman–Crippen LogP) is 4.05. The number of aryl methyl sites for hydroxylation is 1. The normalized spacial score (nSPS) is 17.4. The SMILES string of the molecule is C=CCSc1nc2c(=O)c3c(sc2n1CC=C)CCC(C)C3. The fraction of sp³-hybridized carbons (Fsp3) is 0.412. The zero-order valence-corrected chi connectivity index (χ0v) is 14.4. The van der Waals surface area contributed by atoms with Crippen molar-refractivity contribution in [2.24, 2.45) is 5.92 Å². The van der Waals surface area contributed by atoms with E-state index >= 15 is 0 Å². The Labute approximate surface area is 138 Å². The minimum absolute atomic E-state index is 0.138. The lowest BCUT2D eigenvalue weighted by Crippen LogP contribution is -2.20. The van der Waals surface area contributed by atoms with Gasteiger partial charge in [0.25, 0.3) is 0 Å². The molecule has 0 fully saturated rings. The molecule has 1 aliphatic rings. The van der Waals surface area contributed by atoms with Gasteiger partial charge >= 0.3 is 0 Å². The molecule has 5 heteroatoms. The Bertz CT molecular complexity index is 788. The molecule has 0 N–H and O–H groups in total. The lowest BCUT2D eigenvalue weighted by atomic mass is 9.89. The maximum absolute atomic E-state index is 12.8. The highest BCUT2D eigenvalue weighted by atomic mass is 32.2. The summed E-state index contributed by atoms with van der Waals surface area (Å²) >= 11 is 3.36. The first-order valence-corrected chi connectivity index (χ1v) is 9.35. The Balaban J connectivity index is 2.21. The van der Waals surface area contributed by atoms with Crippen molar-refractivity contribution < 1.29 is 0 Å². The lowest BCUT2D eigenvalue weighted by molar-refractivity contribution is 0.504. The van der Waals surface area contributed by atoms with Gasteiger partial charge in [-0.25, -0.2) is 4.98 Å². The molecule has 1 unspecified atom stereocenters. The molecule has 2 aromatic rings. The summed E-state index contributed by atoms with van der Waals surface area (Å²) in [4.78, 5) is 19.7. The Kier molecular flexibility index (Phi) is 4.54. The molecule has 0 aromatic carbocycles. The van der Waals surface area contributed by atoms with Gasteiger partial charge in [0.1, 0.15) is 10.3 Å². The fourth-order valence-corrected chi connectivity index (χ4v) is 4.95. The minimum atomic E-state index is 0.138. The average Bonchev–Trinajstić information content (AvgIpc) is 2.85. The summed E-state index contributed by atoms with van der Waals surface area (Å²) in [6.07, 6.45) is 6.79. The van der Waals surface area contributed by atoms with Gasteiger partial charge in [0.15, 0.2) is 5.16 Å². The van der Waals surface area contributed by atoms with Gasteiger partial charge in [-0.2, -0.15) is 0 Å². The molecule has 0 aliphatic heterocycles. The Morgan fingerprint density at radius 2 is 2.27 bits per heavy atom. The van der Waals surface area contributed by atoms with E-state index in [9.17, 15) is 4.79 Å². The molecule has 3 nitrogen and oxygen atoms in total. The van der Waals surface area contributed by atoms with Gasteiger partial charge in [-0.05, 0) is 25.2 Å². The standard InChI is InChI=1S/C17H20N2OS2/c1-4-8-19-16-14(18-17(19)21-9-5-2)15(20)12-10-11(3)6-7-13(12)22-16/h4-5,11H,1-2,6-10H2,3H3. The number of imidazole rings is 1. The van der Waals surface area contributed by atoms with Gasteiger partial charge in [-0.15, -0.1) is 24.5 Å². The van der Waals surface area contributed by atoms with Crippen LogP contribution >= 0.6 is 23.1 Å². The molecule has 0 bridgehead atoms. The number of allylic oxidation sites excluding steroid dienone is 1. The van der Waals surface area contributed by atoms with Crippen LogP contribution in [0.2, 0.25) is 0 Å². The van der Waals surface area contributed by atoms with Crippen molar-refractivity contribution in [2.75, 3.05) is 5.75 Å². The second-order valence-corrected chi connectivity index (χ2v) is 7.80. The van der Waals surface area contributed by atoms with Crippen molar-refractivity contribution in [3.8, 4) is 0 Å². The van der Waals surface area contributed by atoms with Crippen molar-refractivity contribution in [3.05, 3.63) is 46.0 Å². The maximum atomic E-state index is 12.8. The molecule has 3 rings (SSSR count). The van der Waals surface area contributed by atoms with Crippen LogP contribution in [0.15, 0.2) is 35.3 Å². The monoisotopic (exact) mass is 332 g/mol. The second-order valence-electron chi connectivity index (χ2n) is 5.73. The van der Waals surface area contributed by atoms with Crippen LogP contribution in [-0.4, -0.2) is 15.3 Å². The predicted molar refractivity (Wildman–Crippen MR) is 96.2 cm³/mol. The Morgan fingerprint density at radius 1 is 1.45 bits per heavy atom. The third kappa shape index (κ3) is 2.68. The average molecular weight is 332 g/mol. The topological polar surface area (TPSA) is 34.9 Å². The molecular weight excluding hydrogens is 312 g/mol. The van der Waals surface area contributed by atoms with E-state index in [1.54, 1.807) is 23.1 Å². The van der Waals surface area contributed by atoms with Gasteiger partial charge in [-0.1, -0.05) is 30.8 Å². The highest BCUT2D eigenvalue weighted by Crippen LogP contribution is 2.32. The van der Waals surface area contributed by atoms with Crippen LogP contribution in [0.25, 0.3) is 10.3 Å². The number of hydrogen-bond acceptors (Lipinski definition) is 4. The molecule has 116 valence electrons. The Hall–Kier alpha value is -1.33. The van der Waals surface area contributed by atoms with E-state index in [1.807, 2.05) is 12.2 Å². The zero-order valence-electron chi connectivity index (χ0n) is 12.8. The van der Waals surface area contributed by atoms with E-state index < -0.39 is 0 Å². The van der Waals surface area contributed by atoms with Crippen molar-refractivity contribution in [1.29, 1.82) is 0 Å². The fourth-order valence-electron chi connectivity index (χ4n) is 2.89. The number of aromatic nitrogens is 2. The molecule has 2 aromatic heterocycles. The number of fused-ring (bicyclic) bond motifs is 2. The molecule has 0 spiro atoms. The van der Waals surface area contributed by atoms with E-state index in [0.717, 1.165) is 34.1 Å². The van der Waals surface area contributed by atoms with Crippen LogP contribution in [0, 0.1) is 5.92 Å². The molecule has 1 atom stereocenters. The molecule has 0 saturated carbocycles. The van der Waals surface area contributed by atoms with Crippen LogP contribution in [0.1, 0.15) is 23.8 Å². The summed E-state index contributed by atoms with van der Waals surface area (Å²) in [5, 5.41) is 0.888. The Morgan fingerprint density at radius 3 is 3.00 bits per heavy atom. The second kappa shape index (κ2) is 6.42. The van der Waals surface area contributed by atoms with Gasteiger partial charge in [0.2, 0.25) is 5.43 Å². The van der Waals surface area contributed by atoms with Crippen LogP contribution < -0.4 is 5.43 Å². The van der Waals surface area contributed by atoms with Gasteiger partial charge in [0.05, 0.1) is 0 Å². The van der Waals surface area contributed by atoms with E-state index in [1.165, 1.54) is 11.3 Å². The zero-order chi connectivity index (χ0) is 15.7. The first-order chi connectivity index (χ1) is 10.7. The summed E-state index contributed by atoms with van der Waals surface area (Å²) in [5.41, 5.74) is 1.77. The number of thioether (sulfide) groups is 1. The lowest BCUT2D eigenvalue weighted by Gasteiger charge is -2.19. The van der Waals surface area contributed by atoms with Gasteiger partial charge in [-0.3, -0.25) is 4.79 Å². The first-order valence-electron chi connectivity index (χ1n) is 7.55. The molecular formula is C17H20N2OS2. The van der Waals surface area contributed by atoms with Crippen LogP contribution in [0.5, 0.6) is 0 Å². The first kappa shape index (κ1) is 15.6. The summed E-state index contributed by atoms with van der Waals surface area (Å²) < 4.78 is 2.11. The van der Waals surface area contributed by atoms with E-state index in [0.29, 0.717) is 18.0 Å². The molecule has 2 heterocycles. The molecule has 1 aliphatic carbocycles. The van der Waals surface area contributed by atoms with Gasteiger partial charge in [0, 0.05) is 22.7 Å². The van der Waals surface area contributed by atoms with Crippen molar-refractivity contribution in [3.63, 3.8) is 0 Å². The molecule has 0 saturated heterocycles. The molecule has 22 heavy (non-hydrogen) atoms. The van der Waals surface area contributed by atoms with E-state index in [2.05, 4.69) is 29.6 Å². The smallest absolute Gasteiger partial charge is 0.211 e. The highest BCUT2D eigenvalue weighted by molar-refractivity contribution is 7.99. The summed E-state index contributed by atoms with van der Waals surface area (Å²) in [6.45, 7) is 10.5. The highest BCUT2D eigenvalue weighted by Gasteiger charge is 2.23. The summed E-state index contributed by atoms with van der Waals surface area (Å²) in [7, 11) is 0. The van der Waals surface area contributed by atoms with Crippen LogP contribution in [-0.2, 0) is 19.4 Å². The number of rotatable bonds is 5. The number of hydrogen-bond donors (Lipinski definition) is 0. The third-order valence-corrected chi connectivity index (χ3v) is 6.27.